The SMILES string of the molecule is CCCc1cc(SCC(=O)NCCCC(C)C)ccc1Cl. The lowest BCUT2D eigenvalue weighted by Gasteiger charge is -2.08. The molecule has 1 N–H and O–H groups in total. The third-order valence-corrected chi connectivity index (χ3v) is 4.55. The van der Waals surface area contributed by atoms with Crippen molar-refractivity contribution in [2.24, 2.45) is 5.92 Å². The second-order valence-corrected chi connectivity index (χ2v) is 7.13. The second-order valence-electron chi connectivity index (χ2n) is 5.68. The Bertz CT molecular complexity index is 448. The van der Waals surface area contributed by atoms with E-state index in [4.69, 9.17) is 11.6 Å². The van der Waals surface area contributed by atoms with Crippen LogP contribution in [-0.4, -0.2) is 18.2 Å². The summed E-state index contributed by atoms with van der Waals surface area (Å²) in [6, 6.07) is 6.01. The summed E-state index contributed by atoms with van der Waals surface area (Å²) >= 11 is 7.73. The number of aryl methyl sites for hydroxylation is 1. The van der Waals surface area contributed by atoms with Gasteiger partial charge in [-0.25, -0.2) is 0 Å². The van der Waals surface area contributed by atoms with Gasteiger partial charge in [0.2, 0.25) is 5.91 Å². The molecule has 2 nitrogen and oxygen atoms in total. The minimum Gasteiger partial charge on any atom is -0.355 e. The Morgan fingerprint density at radius 1 is 1.38 bits per heavy atom. The van der Waals surface area contributed by atoms with E-state index in [2.05, 4.69) is 32.2 Å². The lowest BCUT2D eigenvalue weighted by atomic mass is 10.1. The van der Waals surface area contributed by atoms with Crippen LogP contribution in [-0.2, 0) is 11.2 Å². The number of halogens is 1. The molecule has 0 aliphatic heterocycles. The van der Waals surface area contributed by atoms with Crippen molar-refractivity contribution >= 4 is 29.3 Å². The summed E-state index contributed by atoms with van der Waals surface area (Å²) in [6.07, 6.45) is 4.26. The molecule has 0 fully saturated rings. The predicted octanol–water partition coefficient (Wildman–Crippen LogP) is 4.94. The van der Waals surface area contributed by atoms with Crippen molar-refractivity contribution in [1.82, 2.24) is 5.32 Å². The standard InChI is InChI=1S/C17H26ClNOS/c1-4-6-14-11-15(8-9-16(14)18)21-12-17(20)19-10-5-7-13(2)3/h8-9,11,13H,4-7,10,12H2,1-3H3,(H,19,20). The maximum atomic E-state index is 11.8. The maximum absolute atomic E-state index is 11.8. The largest absolute Gasteiger partial charge is 0.355 e. The molecule has 0 atom stereocenters. The minimum atomic E-state index is 0.107. The molecule has 4 heteroatoms. The van der Waals surface area contributed by atoms with Crippen LogP contribution in [0.15, 0.2) is 23.1 Å². The van der Waals surface area contributed by atoms with Gasteiger partial charge in [0.25, 0.3) is 0 Å². The smallest absolute Gasteiger partial charge is 0.230 e. The first-order chi connectivity index (χ1) is 10.0. The van der Waals surface area contributed by atoms with Crippen LogP contribution in [0.1, 0.15) is 45.6 Å². The van der Waals surface area contributed by atoms with Gasteiger partial charge in [0.1, 0.15) is 0 Å². The number of carbonyl (C=O) groups is 1. The molecular weight excluding hydrogens is 302 g/mol. The first-order valence-electron chi connectivity index (χ1n) is 7.70. The summed E-state index contributed by atoms with van der Waals surface area (Å²) in [7, 11) is 0. The molecule has 0 aromatic heterocycles. The number of nitrogens with one attached hydrogen (secondary N) is 1. The van der Waals surface area contributed by atoms with Gasteiger partial charge in [-0.3, -0.25) is 4.79 Å². The van der Waals surface area contributed by atoms with Crippen LogP contribution < -0.4 is 5.32 Å². The first-order valence-corrected chi connectivity index (χ1v) is 9.07. The molecule has 0 heterocycles. The summed E-state index contributed by atoms with van der Waals surface area (Å²) in [5.41, 5.74) is 1.17. The van der Waals surface area contributed by atoms with Crippen LogP contribution in [0.2, 0.25) is 5.02 Å². The Hall–Kier alpha value is -0.670. The van der Waals surface area contributed by atoms with Crippen LogP contribution in [0.5, 0.6) is 0 Å². The Labute approximate surface area is 138 Å². The summed E-state index contributed by atoms with van der Waals surface area (Å²) < 4.78 is 0. The van der Waals surface area contributed by atoms with Gasteiger partial charge in [-0.15, -0.1) is 11.8 Å². The van der Waals surface area contributed by atoms with Crippen LogP contribution >= 0.6 is 23.4 Å². The van der Waals surface area contributed by atoms with Gasteiger partial charge < -0.3 is 5.32 Å². The van der Waals surface area contributed by atoms with Crippen molar-refractivity contribution in [3.63, 3.8) is 0 Å². The first kappa shape index (κ1) is 18.4. The highest BCUT2D eigenvalue weighted by atomic mass is 35.5. The van der Waals surface area contributed by atoms with Crippen molar-refractivity contribution < 1.29 is 4.79 Å². The zero-order chi connectivity index (χ0) is 15.7. The molecule has 0 aliphatic carbocycles. The van der Waals surface area contributed by atoms with Crippen molar-refractivity contribution in [1.29, 1.82) is 0 Å². The van der Waals surface area contributed by atoms with Crippen molar-refractivity contribution in [3.8, 4) is 0 Å². The molecule has 118 valence electrons. The number of rotatable bonds is 9. The molecule has 0 aliphatic rings. The average molecular weight is 328 g/mol. The molecule has 21 heavy (non-hydrogen) atoms. The molecule has 1 aromatic rings. The molecule has 0 saturated carbocycles. The Morgan fingerprint density at radius 3 is 2.81 bits per heavy atom. The van der Waals surface area contributed by atoms with E-state index in [0.717, 1.165) is 42.1 Å². The molecular formula is C17H26ClNOS. The van der Waals surface area contributed by atoms with E-state index in [1.54, 1.807) is 11.8 Å². The highest BCUT2D eigenvalue weighted by molar-refractivity contribution is 8.00. The molecule has 0 unspecified atom stereocenters. The molecule has 0 radical (unpaired) electrons. The summed E-state index contributed by atoms with van der Waals surface area (Å²) in [4.78, 5) is 12.9. The van der Waals surface area contributed by atoms with Crippen LogP contribution in [0.25, 0.3) is 0 Å². The summed E-state index contributed by atoms with van der Waals surface area (Å²) in [6.45, 7) is 7.32. The topological polar surface area (TPSA) is 29.1 Å². The van der Waals surface area contributed by atoms with Crippen LogP contribution in [0.3, 0.4) is 0 Å². The maximum Gasteiger partial charge on any atom is 0.230 e. The number of thioether (sulfide) groups is 1. The third kappa shape index (κ3) is 7.77. The van der Waals surface area contributed by atoms with Gasteiger partial charge in [-0.2, -0.15) is 0 Å². The quantitative estimate of drug-likeness (QED) is 0.514. The summed E-state index contributed by atoms with van der Waals surface area (Å²) in [5.74, 6) is 1.27. The highest BCUT2D eigenvalue weighted by Gasteiger charge is 2.05. The van der Waals surface area contributed by atoms with Gasteiger partial charge in [-0.1, -0.05) is 38.8 Å². The zero-order valence-corrected chi connectivity index (χ0v) is 14.8. The fourth-order valence-electron chi connectivity index (χ4n) is 2.04. The van der Waals surface area contributed by atoms with Crippen molar-refractivity contribution in [2.45, 2.75) is 51.3 Å². The monoisotopic (exact) mass is 327 g/mol. The van der Waals surface area contributed by atoms with E-state index in [1.165, 1.54) is 5.56 Å². The zero-order valence-electron chi connectivity index (χ0n) is 13.2. The number of carbonyl (C=O) groups excluding carboxylic acids is 1. The van der Waals surface area contributed by atoms with Gasteiger partial charge >= 0.3 is 0 Å². The van der Waals surface area contributed by atoms with E-state index in [-0.39, 0.29) is 5.91 Å². The lowest BCUT2D eigenvalue weighted by Crippen LogP contribution is -2.26. The van der Waals surface area contributed by atoms with E-state index in [1.807, 2.05) is 12.1 Å². The van der Waals surface area contributed by atoms with E-state index < -0.39 is 0 Å². The normalized spacial score (nSPS) is 10.9. The molecule has 1 rings (SSSR count). The molecule has 0 spiro atoms. The Kier molecular flexibility index (Phi) is 8.86. The number of hydrogen-bond donors (Lipinski definition) is 1. The molecule has 1 amide bonds. The van der Waals surface area contributed by atoms with Gasteiger partial charge in [-0.05, 0) is 48.9 Å². The summed E-state index contributed by atoms with van der Waals surface area (Å²) in [5, 5.41) is 3.79. The van der Waals surface area contributed by atoms with Crippen LogP contribution in [0, 0.1) is 5.92 Å². The Morgan fingerprint density at radius 2 is 2.14 bits per heavy atom. The number of hydrogen-bond acceptors (Lipinski definition) is 2. The van der Waals surface area contributed by atoms with Gasteiger partial charge in [0.15, 0.2) is 0 Å². The predicted molar refractivity (Wildman–Crippen MR) is 93.3 cm³/mol. The van der Waals surface area contributed by atoms with Gasteiger partial charge in [0.05, 0.1) is 5.75 Å². The second kappa shape index (κ2) is 10.1. The minimum absolute atomic E-state index is 0.107. The number of amides is 1. The van der Waals surface area contributed by atoms with Crippen molar-refractivity contribution in [2.75, 3.05) is 12.3 Å². The molecule has 0 bridgehead atoms. The van der Waals surface area contributed by atoms with E-state index in [9.17, 15) is 4.79 Å². The fraction of sp³-hybridized carbons (Fsp3) is 0.588. The van der Waals surface area contributed by atoms with E-state index >= 15 is 0 Å². The van der Waals surface area contributed by atoms with E-state index in [0.29, 0.717) is 11.7 Å². The van der Waals surface area contributed by atoms with Crippen LogP contribution in [0.4, 0.5) is 0 Å². The van der Waals surface area contributed by atoms with Gasteiger partial charge in [0, 0.05) is 16.5 Å². The fourth-order valence-corrected chi connectivity index (χ4v) is 3.04. The number of benzene rings is 1. The van der Waals surface area contributed by atoms with Crippen molar-refractivity contribution in [3.05, 3.63) is 28.8 Å². The molecule has 0 saturated heterocycles. The lowest BCUT2D eigenvalue weighted by molar-refractivity contribution is -0.118. The average Bonchev–Trinajstić information content (AvgIpc) is 2.44. The highest BCUT2D eigenvalue weighted by Crippen LogP contribution is 2.25. The Balaban J connectivity index is 2.34. The third-order valence-electron chi connectivity index (χ3n) is 3.19. The molecule has 1 aromatic carbocycles.